The highest BCUT2D eigenvalue weighted by Crippen LogP contribution is 2.25. The first-order chi connectivity index (χ1) is 14.7. The first-order valence-corrected chi connectivity index (χ1v) is 12.7. The van der Waals surface area contributed by atoms with Crippen molar-refractivity contribution in [3.63, 3.8) is 0 Å². The number of halogens is 3. The second-order valence-corrected chi connectivity index (χ2v) is 10.4. The smallest absolute Gasteiger partial charge is 0.242 e. The van der Waals surface area contributed by atoms with Crippen LogP contribution in [0.5, 0.6) is 0 Å². The summed E-state index contributed by atoms with van der Waals surface area (Å²) in [4.78, 5) is 27.4. The Morgan fingerprint density at radius 2 is 1.87 bits per heavy atom. The lowest BCUT2D eigenvalue weighted by Gasteiger charge is -2.29. The fourth-order valence-electron chi connectivity index (χ4n) is 2.84. The Hall–Kier alpha value is -1.21. The van der Waals surface area contributed by atoms with E-state index in [9.17, 15) is 9.59 Å². The van der Waals surface area contributed by atoms with Gasteiger partial charge in [0.25, 0.3) is 0 Å². The number of thioether (sulfide) groups is 1. The average molecular weight is 546 g/mol. The average Bonchev–Trinajstić information content (AvgIpc) is 2.71. The van der Waals surface area contributed by atoms with Crippen molar-refractivity contribution in [1.29, 1.82) is 0 Å². The predicted molar refractivity (Wildman–Crippen MR) is 135 cm³/mol. The maximum atomic E-state index is 13.1. The largest absolute Gasteiger partial charge is 0.354 e. The molecule has 2 rings (SSSR count). The van der Waals surface area contributed by atoms with Crippen LogP contribution in [0.15, 0.2) is 46.9 Å². The summed E-state index contributed by atoms with van der Waals surface area (Å²) in [5, 5.41) is 4.09. The molecule has 2 amide bonds. The van der Waals surface area contributed by atoms with E-state index in [1.165, 1.54) is 11.8 Å². The van der Waals surface area contributed by atoms with Crippen molar-refractivity contribution in [2.45, 2.75) is 39.1 Å². The Morgan fingerprint density at radius 3 is 2.52 bits per heavy atom. The monoisotopic (exact) mass is 544 g/mol. The lowest BCUT2D eigenvalue weighted by Crippen LogP contribution is -2.48. The van der Waals surface area contributed by atoms with Crippen LogP contribution in [0.1, 0.15) is 31.9 Å². The third kappa shape index (κ3) is 8.68. The number of benzene rings is 2. The number of nitrogens with one attached hydrogen (secondary N) is 1. The summed E-state index contributed by atoms with van der Waals surface area (Å²) in [6.45, 7) is 6.77. The highest BCUT2D eigenvalue weighted by molar-refractivity contribution is 9.10. The van der Waals surface area contributed by atoms with E-state index in [1.807, 2.05) is 44.2 Å². The SMILES string of the molecule is CC(C)CNC(=O)C(C)N(Cc1cccc(Br)c1)C(=O)CSCc1ccc(Cl)cc1Cl. The van der Waals surface area contributed by atoms with E-state index in [0.717, 1.165) is 15.6 Å². The number of nitrogens with zero attached hydrogens (tertiary/aromatic N) is 1. The van der Waals surface area contributed by atoms with Gasteiger partial charge in [-0.25, -0.2) is 0 Å². The molecule has 4 nitrogen and oxygen atoms in total. The van der Waals surface area contributed by atoms with Crippen LogP contribution in [-0.4, -0.2) is 35.1 Å². The molecule has 0 aliphatic heterocycles. The van der Waals surface area contributed by atoms with E-state index in [-0.39, 0.29) is 17.6 Å². The highest BCUT2D eigenvalue weighted by Gasteiger charge is 2.26. The number of amides is 2. The molecule has 2 aromatic rings. The number of rotatable bonds is 10. The zero-order valence-corrected chi connectivity index (χ0v) is 21.7. The number of hydrogen-bond acceptors (Lipinski definition) is 3. The molecule has 0 fully saturated rings. The van der Waals surface area contributed by atoms with Gasteiger partial charge in [-0.1, -0.05) is 71.2 Å². The predicted octanol–water partition coefficient (Wildman–Crippen LogP) is 6.18. The zero-order valence-electron chi connectivity index (χ0n) is 17.8. The van der Waals surface area contributed by atoms with Crippen molar-refractivity contribution in [2.24, 2.45) is 5.92 Å². The molecule has 1 atom stereocenters. The molecule has 0 radical (unpaired) electrons. The molecular formula is C23H27BrCl2N2O2S. The minimum absolute atomic E-state index is 0.0951. The van der Waals surface area contributed by atoms with Crippen LogP contribution in [0.25, 0.3) is 0 Å². The van der Waals surface area contributed by atoms with Crippen LogP contribution in [0.2, 0.25) is 10.0 Å². The number of hydrogen-bond donors (Lipinski definition) is 1. The maximum Gasteiger partial charge on any atom is 0.242 e. The first kappa shape index (κ1) is 26.0. The molecule has 0 saturated carbocycles. The summed E-state index contributed by atoms with van der Waals surface area (Å²) < 4.78 is 0.932. The van der Waals surface area contributed by atoms with Gasteiger partial charge in [-0.15, -0.1) is 11.8 Å². The Bertz CT molecular complexity index is 911. The molecule has 0 aromatic heterocycles. The van der Waals surface area contributed by atoms with Crippen molar-refractivity contribution in [1.82, 2.24) is 10.2 Å². The third-order valence-electron chi connectivity index (χ3n) is 4.59. The van der Waals surface area contributed by atoms with Crippen molar-refractivity contribution in [2.75, 3.05) is 12.3 Å². The fraction of sp³-hybridized carbons (Fsp3) is 0.391. The molecule has 1 N–H and O–H groups in total. The first-order valence-electron chi connectivity index (χ1n) is 10.0. The summed E-state index contributed by atoms with van der Waals surface area (Å²) in [5.74, 6) is 0.921. The van der Waals surface area contributed by atoms with Crippen LogP contribution in [0, 0.1) is 5.92 Å². The molecule has 31 heavy (non-hydrogen) atoms. The van der Waals surface area contributed by atoms with Crippen molar-refractivity contribution in [3.05, 3.63) is 68.1 Å². The molecule has 0 heterocycles. The standard InChI is InChI=1S/C23H27BrCl2N2O2S/c1-15(2)11-27-23(30)16(3)28(12-17-5-4-6-19(24)9-17)22(29)14-31-13-18-7-8-20(25)10-21(18)26/h4-10,15-16H,11-14H2,1-3H3,(H,27,30). The molecule has 0 aliphatic rings. The minimum Gasteiger partial charge on any atom is -0.354 e. The van der Waals surface area contributed by atoms with Crippen molar-refractivity contribution >= 4 is 62.7 Å². The van der Waals surface area contributed by atoms with Gasteiger partial charge < -0.3 is 10.2 Å². The van der Waals surface area contributed by atoms with Gasteiger partial charge in [0.05, 0.1) is 5.75 Å². The summed E-state index contributed by atoms with van der Waals surface area (Å²) >= 11 is 17.1. The van der Waals surface area contributed by atoms with Crippen LogP contribution >= 0.6 is 50.9 Å². The van der Waals surface area contributed by atoms with Gasteiger partial charge in [0.15, 0.2) is 0 Å². The Labute approximate surface area is 207 Å². The molecular weight excluding hydrogens is 519 g/mol. The topological polar surface area (TPSA) is 49.4 Å². The van der Waals surface area contributed by atoms with E-state index < -0.39 is 6.04 Å². The van der Waals surface area contributed by atoms with Crippen LogP contribution in [-0.2, 0) is 21.9 Å². The summed E-state index contributed by atoms with van der Waals surface area (Å²) in [6, 6.07) is 12.5. The van der Waals surface area contributed by atoms with Gasteiger partial charge >= 0.3 is 0 Å². The number of carbonyl (C=O) groups is 2. The Balaban J connectivity index is 2.08. The molecule has 2 aromatic carbocycles. The van der Waals surface area contributed by atoms with Gasteiger partial charge in [0.2, 0.25) is 11.8 Å². The fourth-order valence-corrected chi connectivity index (χ4v) is 4.75. The molecule has 0 spiro atoms. The highest BCUT2D eigenvalue weighted by atomic mass is 79.9. The summed E-state index contributed by atoms with van der Waals surface area (Å²) in [6.07, 6.45) is 0. The molecule has 0 bridgehead atoms. The van der Waals surface area contributed by atoms with Crippen LogP contribution in [0.3, 0.4) is 0 Å². The van der Waals surface area contributed by atoms with E-state index in [4.69, 9.17) is 23.2 Å². The quantitative estimate of drug-likeness (QED) is 0.388. The zero-order chi connectivity index (χ0) is 23.0. The number of carbonyl (C=O) groups excluding carboxylic acids is 2. The van der Waals surface area contributed by atoms with Crippen molar-refractivity contribution < 1.29 is 9.59 Å². The van der Waals surface area contributed by atoms with Crippen molar-refractivity contribution in [3.8, 4) is 0 Å². The van der Waals surface area contributed by atoms with E-state index in [0.29, 0.717) is 34.8 Å². The molecule has 168 valence electrons. The molecule has 1 unspecified atom stereocenters. The maximum absolute atomic E-state index is 13.1. The van der Waals surface area contributed by atoms with Gasteiger partial charge in [-0.3, -0.25) is 9.59 Å². The lowest BCUT2D eigenvalue weighted by molar-refractivity contribution is -0.138. The lowest BCUT2D eigenvalue weighted by atomic mass is 10.1. The Morgan fingerprint density at radius 1 is 1.13 bits per heavy atom. The van der Waals surface area contributed by atoms with Gasteiger partial charge in [0.1, 0.15) is 6.04 Å². The second-order valence-electron chi connectivity index (χ2n) is 7.70. The molecule has 0 saturated heterocycles. The second kappa shape index (κ2) is 12.7. The minimum atomic E-state index is -0.579. The molecule has 0 aliphatic carbocycles. The van der Waals surface area contributed by atoms with Crippen LogP contribution < -0.4 is 5.32 Å². The summed E-state index contributed by atoms with van der Waals surface area (Å²) in [5.41, 5.74) is 1.88. The van der Waals surface area contributed by atoms with E-state index >= 15 is 0 Å². The van der Waals surface area contributed by atoms with Gasteiger partial charge in [0, 0.05) is 33.4 Å². The Kier molecular flexibility index (Phi) is 10.7. The van der Waals surface area contributed by atoms with E-state index in [2.05, 4.69) is 21.2 Å². The van der Waals surface area contributed by atoms with Gasteiger partial charge in [-0.05, 0) is 48.2 Å². The van der Waals surface area contributed by atoms with Crippen LogP contribution in [0.4, 0.5) is 0 Å². The third-order valence-corrected chi connectivity index (χ3v) is 6.64. The van der Waals surface area contributed by atoms with E-state index in [1.54, 1.807) is 24.0 Å². The normalized spacial score (nSPS) is 12.0. The van der Waals surface area contributed by atoms with Gasteiger partial charge in [-0.2, -0.15) is 0 Å². The summed E-state index contributed by atoms with van der Waals surface area (Å²) in [7, 11) is 0. The molecule has 8 heteroatoms.